The summed E-state index contributed by atoms with van der Waals surface area (Å²) in [5.74, 6) is 0.130. The molecule has 0 bridgehead atoms. The zero-order valence-corrected chi connectivity index (χ0v) is 19.2. The number of nitrogens with zero attached hydrogens (tertiary/aromatic N) is 1. The number of nitrogens with one attached hydrogen (secondary N) is 1. The first-order valence-electron chi connectivity index (χ1n) is 8.78. The Bertz CT molecular complexity index is 1060. The monoisotopic (exact) mass is 508 g/mol. The third kappa shape index (κ3) is 7.85. The van der Waals surface area contributed by atoms with Crippen molar-refractivity contribution in [1.29, 1.82) is 0 Å². The third-order valence-electron chi connectivity index (χ3n) is 3.98. The lowest BCUT2D eigenvalue weighted by Gasteiger charge is -2.23. The molecule has 5 N–H and O–H groups in total. The van der Waals surface area contributed by atoms with Crippen LogP contribution in [0.2, 0.25) is 0 Å². The summed E-state index contributed by atoms with van der Waals surface area (Å²) < 4.78 is 53.5. The van der Waals surface area contributed by atoms with Crippen molar-refractivity contribution in [3.63, 3.8) is 0 Å². The van der Waals surface area contributed by atoms with Crippen LogP contribution in [0.1, 0.15) is 38.5 Å². The SMILES string of the molecule is Cc1cn([C@@H]2O[C@H](CC(C)C)CC2OP(=O)(O)OP(=O)(O)OP(=O)(O)O)c(=O)[nH]c1=O. The lowest BCUT2D eigenvalue weighted by atomic mass is 10.0. The molecule has 178 valence electrons. The Balaban J connectivity index is 2.32. The van der Waals surface area contributed by atoms with E-state index in [9.17, 15) is 33.1 Å². The quantitative estimate of drug-likeness (QED) is 0.293. The Kier molecular flexibility index (Phi) is 8.06. The van der Waals surface area contributed by atoms with Crippen molar-refractivity contribution in [2.75, 3.05) is 0 Å². The molecule has 0 amide bonds. The van der Waals surface area contributed by atoms with E-state index in [4.69, 9.17) is 19.0 Å². The highest BCUT2D eigenvalue weighted by atomic mass is 31.3. The molecule has 1 aliphatic heterocycles. The molecular formula is C13H23N2O13P3. The predicted molar refractivity (Wildman–Crippen MR) is 103 cm³/mol. The van der Waals surface area contributed by atoms with Crippen molar-refractivity contribution in [2.24, 2.45) is 5.92 Å². The van der Waals surface area contributed by atoms with Crippen molar-refractivity contribution in [3.8, 4) is 0 Å². The van der Waals surface area contributed by atoms with Crippen LogP contribution >= 0.6 is 23.5 Å². The van der Waals surface area contributed by atoms with Gasteiger partial charge in [0, 0.05) is 18.2 Å². The molecule has 2 rings (SSSR count). The molecule has 3 unspecified atom stereocenters. The highest BCUT2D eigenvalue weighted by molar-refractivity contribution is 7.66. The largest absolute Gasteiger partial charge is 0.490 e. The summed E-state index contributed by atoms with van der Waals surface area (Å²) in [6, 6.07) is 0. The Hall–Kier alpha value is -0.950. The van der Waals surface area contributed by atoms with E-state index in [1.54, 1.807) is 0 Å². The van der Waals surface area contributed by atoms with E-state index in [0.717, 1.165) is 10.8 Å². The number of phosphoric ester groups is 1. The van der Waals surface area contributed by atoms with Gasteiger partial charge in [0.25, 0.3) is 5.56 Å². The molecule has 0 radical (unpaired) electrons. The van der Waals surface area contributed by atoms with Crippen molar-refractivity contribution in [2.45, 2.75) is 52.0 Å². The standard InChI is InChI=1S/C13H23N2O13P3/c1-7(2)4-9-5-10(12(25-9)15-6-8(3)11(16)14-13(15)17)26-30(21,22)28-31(23,24)27-29(18,19)20/h6-7,9-10,12H,4-5H2,1-3H3,(H,21,22)(H,23,24)(H,14,16,17)(H2,18,19,20)/t9-,10?,12-/m1/s1. The van der Waals surface area contributed by atoms with Gasteiger partial charge in [-0.25, -0.2) is 18.5 Å². The molecule has 31 heavy (non-hydrogen) atoms. The van der Waals surface area contributed by atoms with Gasteiger partial charge in [0.05, 0.1) is 6.10 Å². The number of aromatic nitrogens is 2. The van der Waals surface area contributed by atoms with Gasteiger partial charge >= 0.3 is 29.2 Å². The highest BCUT2D eigenvalue weighted by Crippen LogP contribution is 2.67. The van der Waals surface area contributed by atoms with Gasteiger partial charge in [0.1, 0.15) is 6.10 Å². The summed E-state index contributed by atoms with van der Waals surface area (Å²) in [7, 11) is -16.7. The van der Waals surface area contributed by atoms with Crippen LogP contribution in [-0.4, -0.2) is 41.3 Å². The molecule has 0 aliphatic carbocycles. The van der Waals surface area contributed by atoms with Crippen LogP contribution in [0, 0.1) is 12.8 Å². The number of rotatable bonds is 9. The Labute approximate surface area is 175 Å². The van der Waals surface area contributed by atoms with Gasteiger partial charge < -0.3 is 24.3 Å². The fourth-order valence-corrected chi connectivity index (χ4v) is 6.17. The molecule has 0 spiro atoms. The molecule has 1 saturated heterocycles. The van der Waals surface area contributed by atoms with Gasteiger partial charge in [-0.1, -0.05) is 13.8 Å². The maximum atomic E-state index is 12.2. The number of hydrogen-bond acceptors (Lipinski definition) is 9. The second kappa shape index (κ2) is 9.50. The smallest absolute Gasteiger partial charge is 0.352 e. The lowest BCUT2D eigenvalue weighted by Crippen LogP contribution is -2.36. The molecule has 1 aromatic rings. The van der Waals surface area contributed by atoms with E-state index >= 15 is 0 Å². The van der Waals surface area contributed by atoms with E-state index in [1.807, 2.05) is 18.8 Å². The van der Waals surface area contributed by atoms with Gasteiger partial charge in [0.2, 0.25) is 0 Å². The van der Waals surface area contributed by atoms with Crippen LogP contribution in [0.4, 0.5) is 0 Å². The Morgan fingerprint density at radius 2 is 1.77 bits per heavy atom. The van der Waals surface area contributed by atoms with Crippen molar-refractivity contribution in [1.82, 2.24) is 9.55 Å². The average molecular weight is 508 g/mol. The number of ether oxygens (including phenoxy) is 1. The van der Waals surface area contributed by atoms with Gasteiger partial charge in [-0.2, -0.15) is 8.62 Å². The summed E-state index contributed by atoms with van der Waals surface area (Å²) in [4.78, 5) is 62.2. The molecule has 1 aromatic heterocycles. The number of aromatic amines is 1. The topological polar surface area (TPSA) is 224 Å². The zero-order chi connectivity index (χ0) is 23.8. The van der Waals surface area contributed by atoms with E-state index < -0.39 is 53.2 Å². The van der Waals surface area contributed by atoms with Crippen LogP contribution in [0.3, 0.4) is 0 Å². The molecule has 1 aliphatic rings. The normalized spacial score (nSPS) is 26.0. The van der Waals surface area contributed by atoms with E-state index in [-0.39, 0.29) is 17.9 Å². The summed E-state index contributed by atoms with van der Waals surface area (Å²) >= 11 is 0. The molecule has 1 fully saturated rings. The molecule has 5 atom stereocenters. The van der Waals surface area contributed by atoms with E-state index in [1.165, 1.54) is 6.92 Å². The average Bonchev–Trinajstić information content (AvgIpc) is 2.87. The predicted octanol–water partition coefficient (Wildman–Crippen LogP) is 0.891. The van der Waals surface area contributed by atoms with Crippen LogP contribution < -0.4 is 11.2 Å². The fourth-order valence-electron chi connectivity index (χ4n) is 2.98. The first-order chi connectivity index (χ1) is 14.0. The molecule has 2 heterocycles. The zero-order valence-electron chi connectivity index (χ0n) is 16.6. The number of phosphoric acid groups is 3. The van der Waals surface area contributed by atoms with Gasteiger partial charge in [0.15, 0.2) is 6.23 Å². The minimum atomic E-state index is -5.70. The highest BCUT2D eigenvalue weighted by Gasteiger charge is 2.46. The van der Waals surface area contributed by atoms with E-state index in [2.05, 4.69) is 8.62 Å². The first-order valence-corrected chi connectivity index (χ1v) is 13.3. The third-order valence-corrected chi connectivity index (χ3v) is 7.85. The Morgan fingerprint density at radius 3 is 2.32 bits per heavy atom. The number of H-pyrrole nitrogens is 1. The van der Waals surface area contributed by atoms with Crippen molar-refractivity contribution >= 4 is 23.5 Å². The maximum absolute atomic E-state index is 12.2. The maximum Gasteiger partial charge on any atom is 0.490 e. The molecule has 0 saturated carbocycles. The van der Waals surface area contributed by atoms with E-state index in [0.29, 0.717) is 6.42 Å². The molecule has 18 heteroatoms. The lowest BCUT2D eigenvalue weighted by molar-refractivity contribution is -0.0435. The van der Waals surface area contributed by atoms with Crippen LogP contribution in [0.15, 0.2) is 15.8 Å². The summed E-state index contributed by atoms with van der Waals surface area (Å²) in [6.45, 7) is 5.17. The molecular weight excluding hydrogens is 485 g/mol. The number of aryl methyl sites for hydroxylation is 1. The first kappa shape index (κ1) is 26.3. The minimum Gasteiger partial charge on any atom is -0.352 e. The van der Waals surface area contributed by atoms with Gasteiger partial charge in [-0.15, -0.1) is 0 Å². The summed E-state index contributed by atoms with van der Waals surface area (Å²) in [5.41, 5.74) is -1.42. The minimum absolute atomic E-state index is 0.0452. The fraction of sp³-hybridized carbons (Fsp3) is 0.692. The second-order valence-corrected chi connectivity index (χ2v) is 11.6. The van der Waals surface area contributed by atoms with Crippen LogP contribution in [0.25, 0.3) is 0 Å². The van der Waals surface area contributed by atoms with Crippen molar-refractivity contribution in [3.05, 3.63) is 32.6 Å². The second-order valence-electron chi connectivity index (χ2n) is 7.23. The summed E-state index contributed by atoms with van der Waals surface area (Å²) in [6.07, 6.45) is -1.69. The summed E-state index contributed by atoms with van der Waals surface area (Å²) in [5, 5.41) is 0. The van der Waals surface area contributed by atoms with Crippen LogP contribution in [-0.2, 0) is 31.6 Å². The van der Waals surface area contributed by atoms with Crippen LogP contribution in [0.5, 0.6) is 0 Å². The molecule has 0 aromatic carbocycles. The van der Waals surface area contributed by atoms with Crippen molar-refractivity contribution < 1.29 is 51.2 Å². The van der Waals surface area contributed by atoms with Gasteiger partial charge in [-0.3, -0.25) is 18.9 Å². The molecule has 15 nitrogen and oxygen atoms in total. The van der Waals surface area contributed by atoms with Gasteiger partial charge in [-0.05, 0) is 19.3 Å². The number of hydrogen-bond donors (Lipinski definition) is 5. The Morgan fingerprint density at radius 1 is 1.16 bits per heavy atom.